The van der Waals surface area contributed by atoms with Crippen LogP contribution in [0.3, 0.4) is 0 Å². The molecule has 1 amide bonds. The van der Waals surface area contributed by atoms with Gasteiger partial charge >= 0.3 is 0 Å². The van der Waals surface area contributed by atoms with Crippen LogP contribution >= 0.6 is 0 Å². The highest BCUT2D eigenvalue weighted by Crippen LogP contribution is 2.29. The molecule has 0 heterocycles. The van der Waals surface area contributed by atoms with Gasteiger partial charge in [0.1, 0.15) is 5.60 Å². The summed E-state index contributed by atoms with van der Waals surface area (Å²) in [6.45, 7) is 6.67. The van der Waals surface area contributed by atoms with Gasteiger partial charge in [-0.2, -0.15) is 0 Å². The number of carbonyl (C=O) groups is 1. The lowest BCUT2D eigenvalue weighted by molar-refractivity contribution is -0.139. The normalized spacial score (nSPS) is 18.3. The van der Waals surface area contributed by atoms with Gasteiger partial charge in [0.25, 0.3) is 5.91 Å². The van der Waals surface area contributed by atoms with E-state index in [-0.39, 0.29) is 5.91 Å². The van der Waals surface area contributed by atoms with Gasteiger partial charge in [0.2, 0.25) is 0 Å². The van der Waals surface area contributed by atoms with Gasteiger partial charge in [-0.15, -0.1) is 0 Å². The summed E-state index contributed by atoms with van der Waals surface area (Å²) >= 11 is 0. The third-order valence-corrected chi connectivity index (χ3v) is 2.39. The van der Waals surface area contributed by atoms with Crippen molar-refractivity contribution in [3.63, 3.8) is 0 Å². The van der Waals surface area contributed by atoms with Crippen molar-refractivity contribution >= 4 is 5.91 Å². The molecule has 1 aliphatic carbocycles. The Morgan fingerprint density at radius 1 is 1.36 bits per heavy atom. The van der Waals surface area contributed by atoms with E-state index in [4.69, 9.17) is 0 Å². The summed E-state index contributed by atoms with van der Waals surface area (Å²) in [6, 6.07) is 0. The SMILES string of the molecule is CC.CCCNC(=O)C1(O)CCCC1. The Labute approximate surface area is 86.9 Å². The number of aliphatic hydroxyl groups is 1. The number of hydrogen-bond acceptors (Lipinski definition) is 2. The molecular formula is C11H23NO2. The van der Waals surface area contributed by atoms with Crippen molar-refractivity contribution in [3.05, 3.63) is 0 Å². The maximum Gasteiger partial charge on any atom is 0.251 e. The van der Waals surface area contributed by atoms with Crippen LogP contribution in [0.2, 0.25) is 0 Å². The van der Waals surface area contributed by atoms with Crippen LogP contribution in [0.4, 0.5) is 0 Å². The van der Waals surface area contributed by atoms with Gasteiger partial charge in [0.15, 0.2) is 0 Å². The van der Waals surface area contributed by atoms with E-state index >= 15 is 0 Å². The molecule has 0 aromatic heterocycles. The summed E-state index contributed by atoms with van der Waals surface area (Å²) in [6.07, 6.45) is 4.11. The van der Waals surface area contributed by atoms with E-state index in [0.717, 1.165) is 19.3 Å². The fourth-order valence-electron chi connectivity index (χ4n) is 1.59. The maximum atomic E-state index is 11.4. The molecule has 2 N–H and O–H groups in total. The standard InChI is InChI=1S/C9H17NO2.C2H6/c1-2-7-10-8(11)9(12)5-3-4-6-9;1-2/h12H,2-7H2,1H3,(H,10,11);1-2H3. The van der Waals surface area contributed by atoms with Crippen LogP contribution in [-0.2, 0) is 4.79 Å². The lowest BCUT2D eigenvalue weighted by atomic mass is 10.0. The van der Waals surface area contributed by atoms with Gasteiger partial charge in [-0.3, -0.25) is 4.79 Å². The molecule has 1 fully saturated rings. The first-order chi connectivity index (χ1) is 6.69. The minimum atomic E-state index is -1.05. The summed E-state index contributed by atoms with van der Waals surface area (Å²) in [5.41, 5.74) is -1.05. The van der Waals surface area contributed by atoms with E-state index in [9.17, 15) is 9.90 Å². The van der Waals surface area contributed by atoms with Gasteiger partial charge in [-0.05, 0) is 32.1 Å². The van der Waals surface area contributed by atoms with Crippen LogP contribution < -0.4 is 5.32 Å². The highest BCUT2D eigenvalue weighted by Gasteiger charge is 2.38. The van der Waals surface area contributed by atoms with Gasteiger partial charge in [0, 0.05) is 6.54 Å². The molecule has 0 spiro atoms. The minimum absolute atomic E-state index is 0.179. The second-order valence-corrected chi connectivity index (χ2v) is 3.49. The monoisotopic (exact) mass is 201 g/mol. The molecule has 0 atom stereocenters. The van der Waals surface area contributed by atoms with E-state index in [1.54, 1.807) is 0 Å². The molecule has 0 unspecified atom stereocenters. The average molecular weight is 201 g/mol. The second-order valence-electron chi connectivity index (χ2n) is 3.49. The lowest BCUT2D eigenvalue weighted by Crippen LogP contribution is -2.44. The number of hydrogen-bond donors (Lipinski definition) is 2. The van der Waals surface area contributed by atoms with E-state index in [1.165, 1.54) is 0 Å². The third-order valence-electron chi connectivity index (χ3n) is 2.39. The van der Waals surface area contributed by atoms with Crippen molar-refractivity contribution in [2.24, 2.45) is 0 Å². The molecule has 3 nitrogen and oxygen atoms in total. The average Bonchev–Trinajstić information content (AvgIpc) is 2.66. The lowest BCUT2D eigenvalue weighted by Gasteiger charge is -2.20. The summed E-state index contributed by atoms with van der Waals surface area (Å²) in [5, 5.41) is 12.5. The first kappa shape index (κ1) is 13.4. The van der Waals surface area contributed by atoms with Crippen molar-refractivity contribution in [1.29, 1.82) is 0 Å². The fraction of sp³-hybridized carbons (Fsp3) is 0.909. The van der Waals surface area contributed by atoms with Gasteiger partial charge in [-0.1, -0.05) is 20.8 Å². The molecular weight excluding hydrogens is 178 g/mol. The van der Waals surface area contributed by atoms with Crippen LogP contribution in [0.25, 0.3) is 0 Å². The Hall–Kier alpha value is -0.570. The molecule has 0 bridgehead atoms. The van der Waals surface area contributed by atoms with Crippen LogP contribution in [-0.4, -0.2) is 23.2 Å². The van der Waals surface area contributed by atoms with Crippen molar-refractivity contribution < 1.29 is 9.90 Å². The Morgan fingerprint density at radius 3 is 2.29 bits per heavy atom. The topological polar surface area (TPSA) is 49.3 Å². The molecule has 3 heteroatoms. The summed E-state index contributed by atoms with van der Waals surface area (Å²) in [4.78, 5) is 11.4. The quantitative estimate of drug-likeness (QED) is 0.732. The smallest absolute Gasteiger partial charge is 0.251 e. The fourth-order valence-corrected chi connectivity index (χ4v) is 1.59. The van der Waals surface area contributed by atoms with E-state index in [0.29, 0.717) is 19.4 Å². The van der Waals surface area contributed by atoms with Gasteiger partial charge in [0.05, 0.1) is 0 Å². The highest BCUT2D eigenvalue weighted by molar-refractivity contribution is 5.85. The molecule has 0 saturated heterocycles. The van der Waals surface area contributed by atoms with E-state index in [2.05, 4.69) is 5.32 Å². The Balaban J connectivity index is 0.000000791. The molecule has 1 rings (SSSR count). The van der Waals surface area contributed by atoms with Crippen molar-refractivity contribution in [2.75, 3.05) is 6.54 Å². The minimum Gasteiger partial charge on any atom is -0.380 e. The van der Waals surface area contributed by atoms with Crippen LogP contribution in [0, 0.1) is 0 Å². The zero-order valence-electron chi connectivity index (χ0n) is 9.60. The zero-order chi connectivity index (χ0) is 11.0. The number of carbonyl (C=O) groups excluding carboxylic acids is 1. The zero-order valence-corrected chi connectivity index (χ0v) is 9.60. The van der Waals surface area contributed by atoms with Crippen LogP contribution in [0.1, 0.15) is 52.9 Å². The number of nitrogens with one attached hydrogen (secondary N) is 1. The molecule has 0 aromatic rings. The van der Waals surface area contributed by atoms with Gasteiger partial charge < -0.3 is 10.4 Å². The first-order valence-electron chi connectivity index (χ1n) is 5.70. The molecule has 0 aromatic carbocycles. The molecule has 14 heavy (non-hydrogen) atoms. The number of rotatable bonds is 3. The maximum absolute atomic E-state index is 11.4. The van der Waals surface area contributed by atoms with Crippen molar-refractivity contribution in [1.82, 2.24) is 5.32 Å². The summed E-state index contributed by atoms with van der Waals surface area (Å²) in [5.74, 6) is -0.179. The second kappa shape index (κ2) is 6.82. The summed E-state index contributed by atoms with van der Waals surface area (Å²) < 4.78 is 0. The predicted octanol–water partition coefficient (Wildman–Crippen LogP) is 1.84. The predicted molar refractivity (Wildman–Crippen MR) is 58.1 cm³/mol. The molecule has 0 radical (unpaired) electrons. The van der Waals surface area contributed by atoms with Crippen molar-refractivity contribution in [2.45, 2.75) is 58.5 Å². The van der Waals surface area contributed by atoms with E-state index in [1.807, 2.05) is 20.8 Å². The summed E-state index contributed by atoms with van der Waals surface area (Å²) in [7, 11) is 0. The largest absolute Gasteiger partial charge is 0.380 e. The Kier molecular flexibility index (Phi) is 6.54. The van der Waals surface area contributed by atoms with Crippen LogP contribution in [0.15, 0.2) is 0 Å². The molecule has 1 aliphatic rings. The van der Waals surface area contributed by atoms with E-state index < -0.39 is 5.60 Å². The first-order valence-corrected chi connectivity index (χ1v) is 5.70. The third kappa shape index (κ3) is 3.66. The van der Waals surface area contributed by atoms with Crippen molar-refractivity contribution in [3.8, 4) is 0 Å². The Morgan fingerprint density at radius 2 is 1.86 bits per heavy atom. The Bertz CT molecular complexity index is 163. The molecule has 84 valence electrons. The van der Waals surface area contributed by atoms with Crippen LogP contribution in [0.5, 0.6) is 0 Å². The molecule has 1 saturated carbocycles. The highest BCUT2D eigenvalue weighted by atomic mass is 16.3. The molecule has 0 aliphatic heterocycles. The number of amides is 1. The van der Waals surface area contributed by atoms with Gasteiger partial charge in [-0.25, -0.2) is 0 Å².